The molecule has 3 aromatic rings. The fraction of sp³-hybridized carbons (Fsp3) is 0.0870. The van der Waals surface area contributed by atoms with Gasteiger partial charge in [-0.25, -0.2) is 9.69 Å². The molecule has 0 saturated carbocycles. The van der Waals surface area contributed by atoms with E-state index in [9.17, 15) is 14.4 Å². The first-order chi connectivity index (χ1) is 14.9. The van der Waals surface area contributed by atoms with Crippen LogP contribution in [0.3, 0.4) is 0 Å². The number of hydrogen-bond acceptors (Lipinski definition) is 4. The van der Waals surface area contributed by atoms with Gasteiger partial charge in [0.2, 0.25) is 0 Å². The Bertz CT molecular complexity index is 1240. The van der Waals surface area contributed by atoms with Crippen molar-refractivity contribution in [3.05, 3.63) is 81.1 Å². The molecule has 3 amide bonds. The van der Waals surface area contributed by atoms with Gasteiger partial charge in [-0.15, -0.1) is 0 Å². The highest BCUT2D eigenvalue weighted by molar-refractivity contribution is 14.1. The summed E-state index contributed by atoms with van der Waals surface area (Å²) in [4.78, 5) is 35.5. The largest absolute Gasteiger partial charge is 0.488 e. The van der Waals surface area contributed by atoms with Crippen molar-refractivity contribution in [3.8, 4) is 5.75 Å². The molecule has 1 aliphatic rings. The zero-order valence-electron chi connectivity index (χ0n) is 16.2. The third-order valence-electron chi connectivity index (χ3n) is 4.73. The van der Waals surface area contributed by atoms with Crippen LogP contribution in [-0.4, -0.2) is 34.5 Å². The van der Waals surface area contributed by atoms with Crippen molar-refractivity contribution in [2.75, 3.05) is 6.54 Å². The molecule has 0 aromatic heterocycles. The molecule has 1 heterocycles. The summed E-state index contributed by atoms with van der Waals surface area (Å²) in [5.74, 6) is -1.23. The number of nitrogens with one attached hydrogen (secondary N) is 1. The van der Waals surface area contributed by atoms with Gasteiger partial charge in [-0.05, 0) is 68.8 Å². The Morgan fingerprint density at radius 2 is 1.84 bits per heavy atom. The van der Waals surface area contributed by atoms with E-state index < -0.39 is 24.5 Å². The number of carboxylic acid groups (broad SMARTS) is 1. The van der Waals surface area contributed by atoms with Gasteiger partial charge in [0.15, 0.2) is 0 Å². The third-order valence-corrected chi connectivity index (χ3v) is 5.57. The number of fused-ring (bicyclic) bond motifs is 1. The third kappa shape index (κ3) is 4.69. The van der Waals surface area contributed by atoms with Gasteiger partial charge in [-0.3, -0.25) is 9.59 Å². The highest BCUT2D eigenvalue weighted by atomic mass is 127. The first kappa shape index (κ1) is 20.9. The number of amides is 3. The minimum Gasteiger partial charge on any atom is -0.488 e. The standard InChI is InChI=1S/C23H17IN2O5/c24-18-10-14(11-19-22(29)26(12-21(27)28)23(30)25-19)6-8-20(18)31-13-15-5-7-16-3-1-2-4-17(16)9-15/h1-11H,12-13H2,(H,25,30)(H,27,28)/b19-11+. The Labute approximate surface area is 191 Å². The number of rotatable bonds is 6. The molecule has 3 aromatic carbocycles. The summed E-state index contributed by atoms with van der Waals surface area (Å²) in [6, 6.07) is 19.0. The SMILES string of the molecule is O=C(O)CN1C(=O)N/C(=C/c2ccc(OCc3ccc4ccccc4c3)c(I)c2)C1=O. The maximum Gasteiger partial charge on any atom is 0.329 e. The number of aliphatic carboxylic acids is 1. The van der Waals surface area contributed by atoms with Crippen molar-refractivity contribution in [1.29, 1.82) is 0 Å². The van der Waals surface area contributed by atoms with Gasteiger partial charge >= 0.3 is 12.0 Å². The van der Waals surface area contributed by atoms with Gasteiger partial charge in [0, 0.05) is 0 Å². The number of imide groups is 1. The molecule has 0 bridgehead atoms. The molecule has 1 fully saturated rings. The number of carbonyl (C=O) groups is 3. The molecule has 1 aliphatic heterocycles. The summed E-state index contributed by atoms with van der Waals surface area (Å²) in [6.07, 6.45) is 1.51. The van der Waals surface area contributed by atoms with Gasteiger partial charge < -0.3 is 15.2 Å². The van der Waals surface area contributed by atoms with Crippen molar-refractivity contribution in [1.82, 2.24) is 10.2 Å². The van der Waals surface area contributed by atoms with E-state index in [1.54, 1.807) is 12.1 Å². The number of ether oxygens (including phenoxy) is 1. The minimum atomic E-state index is -1.26. The van der Waals surface area contributed by atoms with E-state index >= 15 is 0 Å². The first-order valence-electron chi connectivity index (χ1n) is 9.37. The van der Waals surface area contributed by atoms with E-state index in [0.29, 0.717) is 22.8 Å². The summed E-state index contributed by atoms with van der Waals surface area (Å²) in [5.41, 5.74) is 1.77. The lowest BCUT2D eigenvalue weighted by atomic mass is 10.1. The van der Waals surface area contributed by atoms with Crippen LogP contribution in [0.2, 0.25) is 0 Å². The maximum atomic E-state index is 12.2. The minimum absolute atomic E-state index is 0.0342. The highest BCUT2D eigenvalue weighted by Gasteiger charge is 2.34. The number of halogens is 1. The molecule has 7 nitrogen and oxygen atoms in total. The van der Waals surface area contributed by atoms with E-state index in [2.05, 4.69) is 52.2 Å². The van der Waals surface area contributed by atoms with Gasteiger partial charge in [0.05, 0.1) is 3.57 Å². The zero-order chi connectivity index (χ0) is 22.0. The lowest BCUT2D eigenvalue weighted by Crippen LogP contribution is -2.35. The van der Waals surface area contributed by atoms with E-state index in [4.69, 9.17) is 9.84 Å². The fourth-order valence-electron chi connectivity index (χ4n) is 3.23. The molecule has 31 heavy (non-hydrogen) atoms. The predicted molar refractivity (Wildman–Crippen MR) is 123 cm³/mol. The number of carboxylic acids is 1. The molecule has 0 aliphatic carbocycles. The van der Waals surface area contributed by atoms with Gasteiger partial charge in [0.25, 0.3) is 5.91 Å². The number of urea groups is 1. The summed E-state index contributed by atoms with van der Waals surface area (Å²) < 4.78 is 6.80. The molecule has 2 N–H and O–H groups in total. The van der Waals surface area contributed by atoms with Crippen molar-refractivity contribution in [2.24, 2.45) is 0 Å². The maximum absolute atomic E-state index is 12.2. The molecule has 1 saturated heterocycles. The van der Waals surface area contributed by atoms with Gasteiger partial charge in [0.1, 0.15) is 24.6 Å². The van der Waals surface area contributed by atoms with E-state index in [1.807, 2.05) is 24.3 Å². The Hall–Kier alpha value is -3.40. The molecule has 156 valence electrons. The van der Waals surface area contributed by atoms with Crippen LogP contribution in [0.5, 0.6) is 5.75 Å². The average Bonchev–Trinajstić information content (AvgIpc) is 3.00. The van der Waals surface area contributed by atoms with Gasteiger partial charge in [-0.2, -0.15) is 0 Å². The quantitative estimate of drug-likeness (QED) is 0.287. The molecule has 0 spiro atoms. The van der Waals surface area contributed by atoms with E-state index in [-0.39, 0.29) is 5.70 Å². The zero-order valence-corrected chi connectivity index (χ0v) is 18.3. The topological polar surface area (TPSA) is 95.9 Å². The molecular formula is C23H17IN2O5. The summed E-state index contributed by atoms with van der Waals surface area (Å²) in [7, 11) is 0. The number of benzene rings is 3. The molecule has 0 atom stereocenters. The van der Waals surface area contributed by atoms with Crippen molar-refractivity contribution < 1.29 is 24.2 Å². The van der Waals surface area contributed by atoms with Crippen molar-refractivity contribution in [3.63, 3.8) is 0 Å². The fourth-order valence-corrected chi connectivity index (χ4v) is 3.93. The highest BCUT2D eigenvalue weighted by Crippen LogP contribution is 2.25. The summed E-state index contributed by atoms with van der Waals surface area (Å²) in [6.45, 7) is -0.263. The van der Waals surface area contributed by atoms with E-state index in [0.717, 1.165) is 14.5 Å². The lowest BCUT2D eigenvalue weighted by Gasteiger charge is -2.10. The van der Waals surface area contributed by atoms with Crippen LogP contribution in [0, 0.1) is 3.57 Å². The second kappa shape index (κ2) is 8.76. The monoisotopic (exact) mass is 528 g/mol. The van der Waals surface area contributed by atoms with Crippen LogP contribution < -0.4 is 10.1 Å². The molecular weight excluding hydrogens is 511 g/mol. The van der Waals surface area contributed by atoms with Crippen LogP contribution in [-0.2, 0) is 16.2 Å². The van der Waals surface area contributed by atoms with Crippen LogP contribution in [0.25, 0.3) is 16.8 Å². The van der Waals surface area contributed by atoms with Crippen LogP contribution >= 0.6 is 22.6 Å². The van der Waals surface area contributed by atoms with Crippen LogP contribution in [0.4, 0.5) is 4.79 Å². The smallest absolute Gasteiger partial charge is 0.329 e. The van der Waals surface area contributed by atoms with E-state index in [1.165, 1.54) is 11.5 Å². The second-order valence-corrected chi connectivity index (χ2v) is 8.10. The molecule has 0 radical (unpaired) electrons. The van der Waals surface area contributed by atoms with Crippen molar-refractivity contribution in [2.45, 2.75) is 6.61 Å². The van der Waals surface area contributed by atoms with Crippen molar-refractivity contribution >= 4 is 57.3 Å². The molecule has 0 unspecified atom stereocenters. The Morgan fingerprint density at radius 1 is 1.06 bits per heavy atom. The summed E-state index contributed by atoms with van der Waals surface area (Å²) >= 11 is 2.14. The summed E-state index contributed by atoms with van der Waals surface area (Å²) in [5, 5.41) is 13.6. The van der Waals surface area contributed by atoms with Crippen LogP contribution in [0.1, 0.15) is 11.1 Å². The normalized spacial score (nSPS) is 14.9. The Balaban J connectivity index is 1.46. The molecule has 8 heteroatoms. The Morgan fingerprint density at radius 3 is 2.58 bits per heavy atom. The molecule has 4 rings (SSSR count). The van der Waals surface area contributed by atoms with Crippen LogP contribution in [0.15, 0.2) is 66.4 Å². The first-order valence-corrected chi connectivity index (χ1v) is 10.4. The predicted octanol–water partition coefficient (Wildman–Crippen LogP) is 4.00. The number of carbonyl (C=O) groups excluding carboxylic acids is 2. The van der Waals surface area contributed by atoms with Gasteiger partial charge in [-0.1, -0.05) is 42.5 Å². The average molecular weight is 528 g/mol. The lowest BCUT2D eigenvalue weighted by molar-refractivity contribution is -0.140. The number of nitrogens with zero attached hydrogens (tertiary/aromatic N) is 1. The second-order valence-electron chi connectivity index (χ2n) is 6.93. The number of hydrogen-bond donors (Lipinski definition) is 2. The Kier molecular flexibility index (Phi) is 5.90.